The number of rotatable bonds is 7. The Morgan fingerprint density at radius 3 is 2.50 bits per heavy atom. The highest BCUT2D eigenvalue weighted by Gasteiger charge is 2.47. The topological polar surface area (TPSA) is 32.7 Å². The summed E-state index contributed by atoms with van der Waals surface area (Å²) < 4.78 is 6.00. The quantitative estimate of drug-likeness (QED) is 0.723. The van der Waals surface area contributed by atoms with Gasteiger partial charge in [-0.25, -0.2) is 0 Å². The van der Waals surface area contributed by atoms with Crippen LogP contribution in [0.2, 0.25) is 0 Å². The number of thiophene rings is 1. The molecule has 4 heteroatoms. The van der Waals surface area contributed by atoms with E-state index < -0.39 is 11.2 Å². The third-order valence-electron chi connectivity index (χ3n) is 6.30. The number of methoxy groups -OCH3 is 1. The molecule has 0 aliphatic carbocycles. The Bertz CT molecular complexity index is 620. The fourth-order valence-electron chi connectivity index (χ4n) is 4.76. The van der Waals surface area contributed by atoms with E-state index in [0.717, 1.165) is 63.0 Å². The van der Waals surface area contributed by atoms with Crippen LogP contribution in [-0.2, 0) is 10.3 Å². The minimum atomic E-state index is -1.07. The van der Waals surface area contributed by atoms with Gasteiger partial charge in [0.15, 0.2) is 5.60 Å². The number of ether oxygens (including phenoxy) is 1. The van der Waals surface area contributed by atoms with Crippen LogP contribution in [0.4, 0.5) is 0 Å². The highest BCUT2D eigenvalue weighted by atomic mass is 32.1. The molecule has 3 nitrogen and oxygen atoms in total. The van der Waals surface area contributed by atoms with E-state index in [1.807, 2.05) is 17.5 Å². The lowest BCUT2D eigenvalue weighted by Crippen LogP contribution is -2.59. The van der Waals surface area contributed by atoms with Crippen LogP contribution in [0.25, 0.3) is 0 Å². The second kappa shape index (κ2) is 8.44. The van der Waals surface area contributed by atoms with Crippen molar-refractivity contribution in [2.45, 2.75) is 63.6 Å². The second-order valence-corrected chi connectivity index (χ2v) is 8.86. The van der Waals surface area contributed by atoms with Crippen molar-refractivity contribution in [2.24, 2.45) is 11.8 Å². The second-order valence-electron chi connectivity index (χ2n) is 7.91. The maximum absolute atomic E-state index is 11.8. The van der Waals surface area contributed by atoms with Crippen molar-refractivity contribution in [3.05, 3.63) is 22.4 Å². The van der Waals surface area contributed by atoms with Crippen LogP contribution in [0.5, 0.6) is 0 Å². The molecule has 0 spiro atoms. The average molecular weight is 376 g/mol. The molecule has 3 fully saturated rings. The summed E-state index contributed by atoms with van der Waals surface area (Å²) in [4.78, 5) is 3.43. The van der Waals surface area contributed by atoms with Gasteiger partial charge in [0.1, 0.15) is 5.60 Å². The number of fused-ring (bicyclic) bond motifs is 3. The molecule has 2 bridgehead atoms. The van der Waals surface area contributed by atoms with Crippen LogP contribution in [0.3, 0.4) is 0 Å². The predicted molar refractivity (Wildman–Crippen MR) is 108 cm³/mol. The summed E-state index contributed by atoms with van der Waals surface area (Å²) in [5.41, 5.74) is -1.50. The lowest BCUT2D eigenvalue weighted by molar-refractivity contribution is -0.0967. The van der Waals surface area contributed by atoms with E-state index in [0.29, 0.717) is 5.92 Å². The molecule has 1 unspecified atom stereocenters. The van der Waals surface area contributed by atoms with Gasteiger partial charge in [-0.15, -0.1) is 11.3 Å². The van der Waals surface area contributed by atoms with Crippen LogP contribution in [0.15, 0.2) is 17.5 Å². The first-order valence-corrected chi connectivity index (χ1v) is 11.0. The highest BCUT2D eigenvalue weighted by molar-refractivity contribution is 7.10. The summed E-state index contributed by atoms with van der Waals surface area (Å²) in [5, 5.41) is 13.8. The Labute approximate surface area is 162 Å². The van der Waals surface area contributed by atoms with Gasteiger partial charge in [0, 0.05) is 30.4 Å². The van der Waals surface area contributed by atoms with Crippen LogP contribution in [0.1, 0.15) is 57.2 Å². The molecule has 2 atom stereocenters. The van der Waals surface area contributed by atoms with Gasteiger partial charge in [-0.3, -0.25) is 4.90 Å². The van der Waals surface area contributed by atoms with E-state index >= 15 is 0 Å². The van der Waals surface area contributed by atoms with Gasteiger partial charge >= 0.3 is 0 Å². The zero-order chi connectivity index (χ0) is 18.6. The molecule has 0 amide bonds. The first-order valence-electron chi connectivity index (χ1n) is 10.2. The number of piperidine rings is 3. The summed E-state index contributed by atoms with van der Waals surface area (Å²) in [5.74, 6) is 7.51. The number of hydrogen-bond acceptors (Lipinski definition) is 4. The lowest BCUT2D eigenvalue weighted by Gasteiger charge is -2.50. The summed E-state index contributed by atoms with van der Waals surface area (Å²) in [7, 11) is 1.79. The van der Waals surface area contributed by atoms with E-state index in [2.05, 4.69) is 30.6 Å². The molecule has 26 heavy (non-hydrogen) atoms. The van der Waals surface area contributed by atoms with E-state index in [1.54, 1.807) is 18.4 Å². The molecule has 144 valence electrons. The third kappa shape index (κ3) is 3.73. The molecule has 1 aromatic rings. The normalized spacial score (nSPS) is 30.0. The molecule has 3 aliphatic heterocycles. The van der Waals surface area contributed by atoms with Crippen molar-refractivity contribution in [3.8, 4) is 11.8 Å². The number of hydrogen-bond donors (Lipinski definition) is 1. The van der Waals surface area contributed by atoms with E-state index in [9.17, 15) is 5.11 Å². The first-order chi connectivity index (χ1) is 12.6. The van der Waals surface area contributed by atoms with Gasteiger partial charge in [-0.2, -0.15) is 0 Å². The molecule has 3 aliphatic rings. The Hall–Kier alpha value is -0.860. The molecule has 4 heterocycles. The van der Waals surface area contributed by atoms with E-state index in [4.69, 9.17) is 4.74 Å². The van der Waals surface area contributed by atoms with E-state index in [-0.39, 0.29) is 5.92 Å². The standard InChI is InChI=1S/C22H33NO2S/c1-4-7-19(8-5-2)22(24,20-9-6-16-26-20)13-12-21(25-3)17-23-14-10-18(21)11-15-23/h6,9,16,18-19,24H,4-5,7-8,10-11,14-15,17H2,1-3H3/t21-,22?/m1/s1. The molecule has 0 radical (unpaired) electrons. The van der Waals surface area contributed by atoms with E-state index in [1.165, 1.54) is 0 Å². The van der Waals surface area contributed by atoms with Crippen LogP contribution >= 0.6 is 11.3 Å². The monoisotopic (exact) mass is 375 g/mol. The van der Waals surface area contributed by atoms with Gasteiger partial charge in [-0.1, -0.05) is 44.6 Å². The maximum Gasteiger partial charge on any atom is 0.162 e. The SMILES string of the molecule is CCCC(CCC)C(O)(C#C[C@@]1(OC)CN2CCC1CC2)c1cccs1. The van der Waals surface area contributed by atoms with Crippen molar-refractivity contribution in [1.82, 2.24) is 4.90 Å². The Balaban J connectivity index is 1.97. The minimum absolute atomic E-state index is 0.165. The Kier molecular flexibility index (Phi) is 6.45. The van der Waals surface area contributed by atoms with Gasteiger partial charge in [0.25, 0.3) is 0 Å². The first kappa shape index (κ1) is 19.9. The largest absolute Gasteiger partial charge is 0.372 e. The Morgan fingerprint density at radius 2 is 2.04 bits per heavy atom. The Morgan fingerprint density at radius 1 is 1.35 bits per heavy atom. The number of aliphatic hydroxyl groups is 1. The summed E-state index contributed by atoms with van der Waals surface area (Å²) in [6, 6.07) is 4.05. The predicted octanol–water partition coefficient (Wildman–Crippen LogP) is 4.27. The summed E-state index contributed by atoms with van der Waals surface area (Å²) in [6.07, 6.45) is 6.40. The van der Waals surface area contributed by atoms with Gasteiger partial charge in [0.2, 0.25) is 0 Å². The lowest BCUT2D eigenvalue weighted by atomic mass is 9.74. The molecule has 0 aromatic carbocycles. The fraction of sp³-hybridized carbons (Fsp3) is 0.727. The molecule has 4 rings (SSSR count). The average Bonchev–Trinajstić information content (AvgIpc) is 3.22. The molecule has 0 saturated carbocycles. The zero-order valence-electron chi connectivity index (χ0n) is 16.5. The van der Waals surface area contributed by atoms with Crippen molar-refractivity contribution in [2.75, 3.05) is 26.7 Å². The van der Waals surface area contributed by atoms with Gasteiger partial charge in [-0.05, 0) is 50.2 Å². The van der Waals surface area contributed by atoms with Crippen molar-refractivity contribution < 1.29 is 9.84 Å². The molecule has 1 aromatic heterocycles. The zero-order valence-corrected chi connectivity index (χ0v) is 17.3. The summed E-state index contributed by atoms with van der Waals surface area (Å²) in [6.45, 7) is 7.56. The van der Waals surface area contributed by atoms with Crippen molar-refractivity contribution in [1.29, 1.82) is 0 Å². The molecule has 3 saturated heterocycles. The van der Waals surface area contributed by atoms with Crippen LogP contribution in [-0.4, -0.2) is 42.4 Å². The van der Waals surface area contributed by atoms with Gasteiger partial charge < -0.3 is 9.84 Å². The maximum atomic E-state index is 11.8. The molecule has 1 N–H and O–H groups in total. The van der Waals surface area contributed by atoms with Crippen molar-refractivity contribution >= 4 is 11.3 Å². The smallest absolute Gasteiger partial charge is 0.162 e. The van der Waals surface area contributed by atoms with Crippen LogP contribution < -0.4 is 0 Å². The fourth-order valence-corrected chi connectivity index (χ4v) is 5.62. The molecular weight excluding hydrogens is 342 g/mol. The summed E-state index contributed by atoms with van der Waals surface area (Å²) >= 11 is 1.61. The minimum Gasteiger partial charge on any atom is -0.372 e. The van der Waals surface area contributed by atoms with Crippen LogP contribution in [0, 0.1) is 23.7 Å². The van der Waals surface area contributed by atoms with Gasteiger partial charge in [0.05, 0.1) is 0 Å². The molecular formula is C22H33NO2S. The van der Waals surface area contributed by atoms with Crippen molar-refractivity contribution in [3.63, 3.8) is 0 Å². The highest BCUT2D eigenvalue weighted by Crippen LogP contribution is 2.40. The third-order valence-corrected chi connectivity index (χ3v) is 7.29. The number of nitrogens with zero attached hydrogens (tertiary/aromatic N) is 1.